The number of nitrogens with zero attached hydrogens (tertiary/aromatic N) is 1. The van der Waals surface area contributed by atoms with E-state index in [0.717, 1.165) is 19.4 Å². The topological polar surface area (TPSA) is 66.5 Å². The zero-order chi connectivity index (χ0) is 12.3. The number of carbonyl (C=O) groups excluding carboxylic acids is 1. The number of hydrogen-bond acceptors (Lipinski definition) is 4. The van der Waals surface area contributed by atoms with E-state index in [-0.39, 0.29) is 16.7 Å². The van der Waals surface area contributed by atoms with Crippen LogP contribution >= 0.6 is 27.3 Å². The number of carbonyl (C=O) groups is 1. The zero-order valence-electron chi connectivity index (χ0n) is 8.73. The lowest BCUT2D eigenvalue weighted by atomic mass is 10.6. The Morgan fingerprint density at radius 3 is 2.62 bits per heavy atom. The molecular formula is C8H11BrN2O3S2. The number of thiophene rings is 1. The van der Waals surface area contributed by atoms with Crippen LogP contribution in [0.2, 0.25) is 0 Å². The van der Waals surface area contributed by atoms with E-state index in [1.165, 1.54) is 20.2 Å². The van der Waals surface area contributed by atoms with Gasteiger partial charge in [-0.25, -0.2) is 8.42 Å². The predicted octanol–water partition coefficient (Wildman–Crippen LogP) is 0.877. The third-order valence-corrected chi connectivity index (χ3v) is 5.75. The Morgan fingerprint density at radius 1 is 1.56 bits per heavy atom. The van der Waals surface area contributed by atoms with Gasteiger partial charge >= 0.3 is 0 Å². The highest BCUT2D eigenvalue weighted by molar-refractivity contribution is 9.11. The molecule has 16 heavy (non-hydrogen) atoms. The molecule has 8 heteroatoms. The normalized spacial score (nSPS) is 11.8. The number of sulfonamides is 1. The zero-order valence-corrected chi connectivity index (χ0v) is 11.9. The fourth-order valence-corrected chi connectivity index (χ4v) is 4.30. The molecule has 0 spiro atoms. The average Bonchev–Trinajstić information content (AvgIpc) is 2.65. The minimum Gasteiger partial charge on any atom is -0.358 e. The minimum atomic E-state index is -3.56. The van der Waals surface area contributed by atoms with Gasteiger partial charge in [0.15, 0.2) is 0 Å². The third kappa shape index (κ3) is 3.03. The Hall–Kier alpha value is -0.440. The SMILES string of the molecule is CNC(=O)CN(C)S(=O)(=O)c1ccc(Br)s1. The first-order valence-electron chi connectivity index (χ1n) is 4.30. The van der Waals surface area contributed by atoms with E-state index in [0.29, 0.717) is 0 Å². The molecule has 1 amide bonds. The van der Waals surface area contributed by atoms with Gasteiger partial charge in [0.05, 0.1) is 10.3 Å². The van der Waals surface area contributed by atoms with E-state index >= 15 is 0 Å². The van der Waals surface area contributed by atoms with Crippen LogP contribution in [-0.4, -0.2) is 39.3 Å². The quantitative estimate of drug-likeness (QED) is 0.893. The maximum absolute atomic E-state index is 11.9. The molecule has 0 aliphatic rings. The van der Waals surface area contributed by atoms with Crippen LogP contribution in [0.3, 0.4) is 0 Å². The molecule has 0 saturated carbocycles. The molecule has 1 rings (SSSR count). The van der Waals surface area contributed by atoms with Crippen molar-refractivity contribution in [3.05, 3.63) is 15.9 Å². The van der Waals surface area contributed by atoms with Crippen LogP contribution < -0.4 is 5.32 Å². The lowest BCUT2D eigenvalue weighted by Gasteiger charge is -2.14. The van der Waals surface area contributed by atoms with Gasteiger partial charge in [0.1, 0.15) is 4.21 Å². The summed E-state index contributed by atoms with van der Waals surface area (Å²) in [5.41, 5.74) is 0. The van der Waals surface area contributed by atoms with Gasteiger partial charge in [0.25, 0.3) is 10.0 Å². The molecule has 0 aliphatic carbocycles. The van der Waals surface area contributed by atoms with E-state index in [1.807, 2.05) is 0 Å². The van der Waals surface area contributed by atoms with Gasteiger partial charge in [-0.3, -0.25) is 4.79 Å². The van der Waals surface area contributed by atoms with E-state index < -0.39 is 10.0 Å². The summed E-state index contributed by atoms with van der Waals surface area (Å²) in [6.07, 6.45) is 0. The number of rotatable bonds is 4. The van der Waals surface area contributed by atoms with Crippen molar-refractivity contribution >= 4 is 43.2 Å². The fraction of sp³-hybridized carbons (Fsp3) is 0.375. The van der Waals surface area contributed by atoms with E-state index in [9.17, 15) is 13.2 Å². The first-order valence-corrected chi connectivity index (χ1v) is 7.35. The highest BCUT2D eigenvalue weighted by Crippen LogP contribution is 2.27. The molecule has 0 bridgehead atoms. The summed E-state index contributed by atoms with van der Waals surface area (Å²) in [6, 6.07) is 3.16. The molecule has 0 aromatic carbocycles. The number of likely N-dealkylation sites (N-methyl/N-ethyl adjacent to an activating group) is 2. The summed E-state index contributed by atoms with van der Waals surface area (Å²) >= 11 is 4.31. The van der Waals surface area contributed by atoms with Gasteiger partial charge in [0.2, 0.25) is 5.91 Å². The maximum Gasteiger partial charge on any atom is 0.252 e. The highest BCUT2D eigenvalue weighted by atomic mass is 79.9. The van der Waals surface area contributed by atoms with E-state index in [4.69, 9.17) is 0 Å². The van der Waals surface area contributed by atoms with Crippen LogP contribution in [0.4, 0.5) is 0 Å². The summed E-state index contributed by atoms with van der Waals surface area (Å²) in [7, 11) is -0.726. The predicted molar refractivity (Wildman–Crippen MR) is 65.9 cm³/mol. The molecule has 1 N–H and O–H groups in total. The molecule has 1 aromatic rings. The van der Waals surface area contributed by atoms with Crippen LogP contribution in [-0.2, 0) is 14.8 Å². The summed E-state index contributed by atoms with van der Waals surface area (Å²) in [6.45, 7) is -0.186. The highest BCUT2D eigenvalue weighted by Gasteiger charge is 2.24. The standard InChI is InChI=1S/C8H11BrN2O3S2/c1-10-7(12)5-11(2)16(13,14)8-4-3-6(9)15-8/h3-4H,5H2,1-2H3,(H,10,12). The fourth-order valence-electron chi connectivity index (χ4n) is 0.956. The average molecular weight is 327 g/mol. The Balaban J connectivity index is 2.90. The maximum atomic E-state index is 11.9. The monoisotopic (exact) mass is 326 g/mol. The van der Waals surface area contributed by atoms with Gasteiger partial charge in [-0.05, 0) is 28.1 Å². The molecule has 0 radical (unpaired) electrons. The molecule has 0 saturated heterocycles. The third-order valence-electron chi connectivity index (χ3n) is 1.86. The van der Waals surface area contributed by atoms with Crippen molar-refractivity contribution in [3.8, 4) is 0 Å². The molecule has 0 fully saturated rings. The molecule has 0 atom stereocenters. The van der Waals surface area contributed by atoms with Crippen molar-refractivity contribution in [2.45, 2.75) is 4.21 Å². The molecular weight excluding hydrogens is 316 g/mol. The lowest BCUT2D eigenvalue weighted by Crippen LogP contribution is -2.36. The van der Waals surface area contributed by atoms with Crippen molar-refractivity contribution in [1.82, 2.24) is 9.62 Å². The number of halogens is 1. The van der Waals surface area contributed by atoms with E-state index in [1.54, 1.807) is 6.07 Å². The Bertz CT molecular complexity index is 483. The first kappa shape index (κ1) is 13.6. The second-order valence-corrected chi connectivity index (χ2v) is 7.73. The van der Waals surface area contributed by atoms with Crippen LogP contribution in [0.15, 0.2) is 20.1 Å². The molecule has 5 nitrogen and oxygen atoms in total. The number of nitrogens with one attached hydrogen (secondary N) is 1. The number of amides is 1. The summed E-state index contributed by atoms with van der Waals surface area (Å²) in [5.74, 6) is -0.346. The smallest absolute Gasteiger partial charge is 0.252 e. The van der Waals surface area contributed by atoms with Crippen LogP contribution in [0, 0.1) is 0 Å². The van der Waals surface area contributed by atoms with Crippen LogP contribution in [0.5, 0.6) is 0 Å². The first-order chi connectivity index (χ1) is 7.37. The Morgan fingerprint density at radius 2 is 2.19 bits per heavy atom. The van der Waals surface area contributed by atoms with Crippen LogP contribution in [0.1, 0.15) is 0 Å². The van der Waals surface area contributed by atoms with Gasteiger partial charge < -0.3 is 5.32 Å². The van der Waals surface area contributed by atoms with Crippen molar-refractivity contribution < 1.29 is 13.2 Å². The lowest BCUT2D eigenvalue weighted by molar-refractivity contribution is -0.120. The van der Waals surface area contributed by atoms with Crippen molar-refractivity contribution in [1.29, 1.82) is 0 Å². The van der Waals surface area contributed by atoms with Gasteiger partial charge in [0, 0.05) is 14.1 Å². The van der Waals surface area contributed by atoms with Crippen molar-refractivity contribution in [2.24, 2.45) is 0 Å². The van der Waals surface area contributed by atoms with Crippen molar-refractivity contribution in [2.75, 3.05) is 20.6 Å². The second-order valence-electron chi connectivity index (χ2n) is 2.99. The summed E-state index contributed by atoms with van der Waals surface area (Å²) in [4.78, 5) is 11.1. The molecule has 90 valence electrons. The van der Waals surface area contributed by atoms with Crippen LogP contribution in [0.25, 0.3) is 0 Å². The molecule has 1 heterocycles. The summed E-state index contributed by atoms with van der Waals surface area (Å²) in [5, 5.41) is 2.37. The Kier molecular flexibility index (Phi) is 4.48. The Labute approximate surface area is 107 Å². The van der Waals surface area contributed by atoms with Gasteiger partial charge in [-0.1, -0.05) is 0 Å². The molecule has 0 aliphatic heterocycles. The minimum absolute atomic E-state index is 0.186. The van der Waals surface area contributed by atoms with Gasteiger partial charge in [-0.2, -0.15) is 4.31 Å². The van der Waals surface area contributed by atoms with Gasteiger partial charge in [-0.15, -0.1) is 11.3 Å². The molecule has 0 unspecified atom stereocenters. The second kappa shape index (κ2) is 5.26. The van der Waals surface area contributed by atoms with Crippen molar-refractivity contribution in [3.63, 3.8) is 0 Å². The largest absolute Gasteiger partial charge is 0.358 e. The van der Waals surface area contributed by atoms with E-state index in [2.05, 4.69) is 21.2 Å². The molecule has 1 aromatic heterocycles. The summed E-state index contributed by atoms with van der Waals surface area (Å²) < 4.78 is 25.8. The number of hydrogen-bond donors (Lipinski definition) is 1.